The van der Waals surface area contributed by atoms with Gasteiger partial charge in [-0.15, -0.1) is 10.2 Å². The van der Waals surface area contributed by atoms with Gasteiger partial charge in [0.05, 0.1) is 22.3 Å². The molecule has 0 radical (unpaired) electrons. The molecular formula is C31H29ClFN5O2. The van der Waals surface area contributed by atoms with Crippen molar-refractivity contribution in [1.82, 2.24) is 20.0 Å². The van der Waals surface area contributed by atoms with Crippen LogP contribution in [0.2, 0.25) is 5.02 Å². The molecule has 1 atom stereocenters. The fourth-order valence-corrected chi connectivity index (χ4v) is 5.06. The number of anilines is 1. The summed E-state index contributed by atoms with van der Waals surface area (Å²) in [4.78, 5) is 32.1. The predicted molar refractivity (Wildman–Crippen MR) is 154 cm³/mol. The minimum Gasteiger partial charge on any atom is -0.352 e. The molecule has 1 saturated heterocycles. The number of carbonyl (C=O) groups is 2. The summed E-state index contributed by atoms with van der Waals surface area (Å²) in [6.07, 6.45) is 0. The number of hydrogen-bond acceptors (Lipinski definition) is 5. The van der Waals surface area contributed by atoms with Crippen LogP contribution >= 0.6 is 11.6 Å². The Morgan fingerprint density at radius 2 is 1.55 bits per heavy atom. The van der Waals surface area contributed by atoms with Gasteiger partial charge in [-0.2, -0.15) is 0 Å². The Morgan fingerprint density at radius 1 is 0.875 bits per heavy atom. The fourth-order valence-electron chi connectivity index (χ4n) is 4.82. The smallest absolute Gasteiger partial charge is 0.257 e. The van der Waals surface area contributed by atoms with Gasteiger partial charge < -0.3 is 14.7 Å². The highest BCUT2D eigenvalue weighted by Gasteiger charge is 2.30. The number of rotatable bonds is 7. The van der Waals surface area contributed by atoms with E-state index in [1.807, 2.05) is 73.7 Å². The van der Waals surface area contributed by atoms with E-state index < -0.39 is 17.8 Å². The molecule has 0 aliphatic carbocycles. The van der Waals surface area contributed by atoms with Gasteiger partial charge in [0.25, 0.3) is 5.91 Å². The lowest BCUT2D eigenvalue weighted by molar-refractivity contribution is -0.132. The number of benzene rings is 3. The largest absolute Gasteiger partial charge is 0.352 e. The molecule has 204 valence electrons. The first kappa shape index (κ1) is 27.3. The second-order valence-corrected chi connectivity index (χ2v) is 10.0. The first-order chi connectivity index (χ1) is 19.4. The van der Waals surface area contributed by atoms with Gasteiger partial charge in [0.2, 0.25) is 5.91 Å². The number of aromatic nitrogens is 2. The lowest BCUT2D eigenvalue weighted by Gasteiger charge is -2.37. The summed E-state index contributed by atoms with van der Waals surface area (Å²) in [7, 11) is 0. The SMILES string of the molecule is CC(c1ccccc1)N(CC(=O)N1CCN(c2ccc(-c3ccccc3Cl)nn2)CC1)C(=O)c1ccccc1F. The van der Waals surface area contributed by atoms with Gasteiger partial charge >= 0.3 is 0 Å². The molecule has 4 aromatic rings. The zero-order valence-electron chi connectivity index (χ0n) is 22.1. The lowest BCUT2D eigenvalue weighted by Crippen LogP contribution is -2.52. The molecule has 0 spiro atoms. The topological polar surface area (TPSA) is 69.6 Å². The van der Waals surface area contributed by atoms with Gasteiger partial charge in [-0.25, -0.2) is 4.39 Å². The molecule has 1 unspecified atom stereocenters. The van der Waals surface area contributed by atoms with E-state index in [2.05, 4.69) is 15.1 Å². The van der Waals surface area contributed by atoms with Gasteiger partial charge in [-0.05, 0) is 42.8 Å². The minimum atomic E-state index is -0.611. The van der Waals surface area contributed by atoms with E-state index in [9.17, 15) is 14.0 Å². The maximum absolute atomic E-state index is 14.5. The summed E-state index contributed by atoms with van der Waals surface area (Å²) in [5.74, 6) is -0.597. The molecule has 3 aromatic carbocycles. The van der Waals surface area contributed by atoms with Crippen molar-refractivity contribution in [1.29, 1.82) is 0 Å². The molecule has 0 saturated carbocycles. The van der Waals surface area contributed by atoms with Crippen molar-refractivity contribution in [2.24, 2.45) is 0 Å². The highest BCUT2D eigenvalue weighted by molar-refractivity contribution is 6.33. The Balaban J connectivity index is 1.26. The zero-order chi connectivity index (χ0) is 28.1. The molecule has 7 nitrogen and oxygen atoms in total. The van der Waals surface area contributed by atoms with E-state index in [4.69, 9.17) is 11.6 Å². The van der Waals surface area contributed by atoms with Crippen LogP contribution in [-0.4, -0.2) is 64.5 Å². The van der Waals surface area contributed by atoms with E-state index >= 15 is 0 Å². The Bertz CT molecular complexity index is 1480. The van der Waals surface area contributed by atoms with Crippen LogP contribution in [0.5, 0.6) is 0 Å². The van der Waals surface area contributed by atoms with Crippen molar-refractivity contribution in [3.8, 4) is 11.3 Å². The summed E-state index contributed by atoms with van der Waals surface area (Å²) in [6, 6.07) is 26.1. The number of nitrogens with zero attached hydrogens (tertiary/aromatic N) is 5. The predicted octanol–water partition coefficient (Wildman–Crippen LogP) is 5.49. The van der Waals surface area contributed by atoms with Gasteiger partial charge in [0.15, 0.2) is 5.82 Å². The maximum atomic E-state index is 14.5. The van der Waals surface area contributed by atoms with Crippen molar-refractivity contribution in [2.45, 2.75) is 13.0 Å². The van der Waals surface area contributed by atoms with Gasteiger partial charge in [-0.1, -0.05) is 72.3 Å². The van der Waals surface area contributed by atoms with Crippen molar-refractivity contribution in [3.63, 3.8) is 0 Å². The monoisotopic (exact) mass is 557 g/mol. The van der Waals surface area contributed by atoms with Crippen LogP contribution in [-0.2, 0) is 4.79 Å². The third kappa shape index (κ3) is 5.97. The number of carbonyl (C=O) groups excluding carboxylic acids is 2. The first-order valence-electron chi connectivity index (χ1n) is 13.1. The fraction of sp³-hybridized carbons (Fsp3) is 0.226. The normalized spacial score (nSPS) is 14.1. The van der Waals surface area contributed by atoms with Crippen molar-refractivity contribution < 1.29 is 14.0 Å². The highest BCUT2D eigenvalue weighted by atomic mass is 35.5. The summed E-state index contributed by atoms with van der Waals surface area (Å²) >= 11 is 6.29. The Morgan fingerprint density at radius 3 is 2.23 bits per heavy atom. The number of piperazine rings is 1. The summed E-state index contributed by atoms with van der Waals surface area (Å²) in [5, 5.41) is 9.35. The first-order valence-corrected chi connectivity index (χ1v) is 13.5. The second kappa shape index (κ2) is 12.3. The molecule has 2 heterocycles. The molecule has 2 amide bonds. The van der Waals surface area contributed by atoms with Crippen LogP contribution in [0.3, 0.4) is 0 Å². The van der Waals surface area contributed by atoms with Crippen LogP contribution in [0, 0.1) is 5.82 Å². The van der Waals surface area contributed by atoms with Crippen LogP contribution in [0.4, 0.5) is 10.2 Å². The Labute approximate surface area is 237 Å². The molecule has 5 rings (SSSR count). The second-order valence-electron chi connectivity index (χ2n) is 9.62. The maximum Gasteiger partial charge on any atom is 0.257 e. The average molecular weight is 558 g/mol. The minimum absolute atomic E-state index is 0.0540. The van der Waals surface area contributed by atoms with Crippen LogP contribution in [0.25, 0.3) is 11.3 Å². The quantitative estimate of drug-likeness (QED) is 0.301. The third-order valence-corrected chi connectivity index (χ3v) is 7.51. The van der Waals surface area contributed by atoms with E-state index in [-0.39, 0.29) is 18.0 Å². The van der Waals surface area contributed by atoms with Crippen LogP contribution in [0.15, 0.2) is 91.0 Å². The average Bonchev–Trinajstić information content (AvgIpc) is 3.00. The molecule has 1 fully saturated rings. The molecule has 1 aliphatic rings. The van der Waals surface area contributed by atoms with Gasteiger partial charge in [-0.3, -0.25) is 9.59 Å². The van der Waals surface area contributed by atoms with Crippen LogP contribution < -0.4 is 4.90 Å². The lowest BCUT2D eigenvalue weighted by atomic mass is 10.0. The molecule has 1 aliphatic heterocycles. The third-order valence-electron chi connectivity index (χ3n) is 7.18. The van der Waals surface area contributed by atoms with E-state index in [1.165, 1.54) is 23.1 Å². The van der Waals surface area contributed by atoms with E-state index in [0.29, 0.717) is 36.9 Å². The number of hydrogen-bond donors (Lipinski definition) is 0. The summed E-state index contributed by atoms with van der Waals surface area (Å²) < 4.78 is 14.5. The molecule has 0 N–H and O–H groups in total. The van der Waals surface area contributed by atoms with Gasteiger partial charge in [0.1, 0.15) is 12.4 Å². The van der Waals surface area contributed by atoms with Crippen molar-refractivity contribution >= 4 is 29.2 Å². The van der Waals surface area contributed by atoms with E-state index in [0.717, 1.165) is 16.9 Å². The summed E-state index contributed by atoms with van der Waals surface area (Å²) in [5.41, 5.74) is 2.32. The van der Waals surface area contributed by atoms with E-state index in [1.54, 1.807) is 11.0 Å². The summed E-state index contributed by atoms with van der Waals surface area (Å²) in [6.45, 7) is 3.77. The van der Waals surface area contributed by atoms with Gasteiger partial charge in [0, 0.05) is 31.7 Å². The van der Waals surface area contributed by atoms with Crippen molar-refractivity contribution in [2.75, 3.05) is 37.6 Å². The highest BCUT2D eigenvalue weighted by Crippen LogP contribution is 2.27. The molecule has 0 bridgehead atoms. The standard InChI is InChI=1S/C31H29ClFN5O2/c1-22(23-9-3-2-4-10-23)38(31(40)25-12-6-8-14-27(25)33)21-30(39)37-19-17-36(18-20-37)29-16-15-28(34-35-29)24-11-5-7-13-26(24)32/h2-16,22H,17-21H2,1H3. The number of halogens is 2. The van der Waals surface area contributed by atoms with Crippen molar-refractivity contribution in [3.05, 3.63) is 113 Å². The molecule has 40 heavy (non-hydrogen) atoms. The molecule has 9 heteroatoms. The zero-order valence-corrected chi connectivity index (χ0v) is 22.8. The number of amides is 2. The molecular weight excluding hydrogens is 529 g/mol. The Hall–Kier alpha value is -4.30. The Kier molecular flexibility index (Phi) is 8.36. The van der Waals surface area contributed by atoms with Crippen LogP contribution in [0.1, 0.15) is 28.9 Å². The molecule has 1 aromatic heterocycles.